The van der Waals surface area contributed by atoms with E-state index in [0.717, 1.165) is 11.8 Å². The lowest BCUT2D eigenvalue weighted by Crippen LogP contribution is -2.21. The van der Waals surface area contributed by atoms with Crippen molar-refractivity contribution in [3.63, 3.8) is 0 Å². The summed E-state index contributed by atoms with van der Waals surface area (Å²) >= 11 is 0. The second-order valence-corrected chi connectivity index (χ2v) is 4.75. The SMILES string of the molecule is CN1CCC(C2CCCNCC2)C1. The highest BCUT2D eigenvalue weighted by Crippen LogP contribution is 2.29. The largest absolute Gasteiger partial charge is 0.317 e. The number of rotatable bonds is 1. The molecule has 0 aromatic carbocycles. The first kappa shape index (κ1) is 9.47. The predicted molar refractivity (Wildman–Crippen MR) is 55.8 cm³/mol. The van der Waals surface area contributed by atoms with Crippen molar-refractivity contribution in [1.29, 1.82) is 0 Å². The van der Waals surface area contributed by atoms with Crippen LogP contribution in [-0.2, 0) is 0 Å². The molecule has 2 saturated heterocycles. The van der Waals surface area contributed by atoms with E-state index >= 15 is 0 Å². The van der Waals surface area contributed by atoms with Crippen LogP contribution in [0.2, 0.25) is 0 Å². The van der Waals surface area contributed by atoms with Gasteiger partial charge < -0.3 is 10.2 Å². The van der Waals surface area contributed by atoms with Crippen LogP contribution in [-0.4, -0.2) is 38.1 Å². The van der Waals surface area contributed by atoms with Crippen LogP contribution in [0.1, 0.15) is 25.7 Å². The van der Waals surface area contributed by atoms with E-state index in [0.29, 0.717) is 0 Å². The standard InChI is InChI=1S/C11H22N2/c1-13-8-5-11(9-13)10-3-2-6-12-7-4-10/h10-12H,2-9H2,1H3. The summed E-state index contributed by atoms with van der Waals surface area (Å²) in [5, 5.41) is 3.50. The highest BCUT2D eigenvalue weighted by atomic mass is 15.1. The molecule has 0 aliphatic carbocycles. The van der Waals surface area contributed by atoms with Crippen molar-refractivity contribution in [3.8, 4) is 0 Å². The summed E-state index contributed by atoms with van der Waals surface area (Å²) in [4.78, 5) is 2.49. The van der Waals surface area contributed by atoms with E-state index in [1.54, 1.807) is 0 Å². The van der Waals surface area contributed by atoms with E-state index in [9.17, 15) is 0 Å². The van der Waals surface area contributed by atoms with Crippen LogP contribution in [0.5, 0.6) is 0 Å². The highest BCUT2D eigenvalue weighted by Gasteiger charge is 2.27. The predicted octanol–water partition coefficient (Wildman–Crippen LogP) is 1.33. The molecule has 2 unspecified atom stereocenters. The summed E-state index contributed by atoms with van der Waals surface area (Å²) in [6, 6.07) is 0. The molecule has 0 aromatic rings. The van der Waals surface area contributed by atoms with E-state index in [2.05, 4.69) is 17.3 Å². The van der Waals surface area contributed by atoms with Crippen LogP contribution < -0.4 is 5.32 Å². The van der Waals surface area contributed by atoms with Gasteiger partial charge in [-0.2, -0.15) is 0 Å². The van der Waals surface area contributed by atoms with Crippen LogP contribution >= 0.6 is 0 Å². The van der Waals surface area contributed by atoms with Crippen LogP contribution in [0.3, 0.4) is 0 Å². The van der Waals surface area contributed by atoms with E-state index in [1.807, 2.05) is 0 Å². The van der Waals surface area contributed by atoms with Gasteiger partial charge in [0.05, 0.1) is 0 Å². The van der Waals surface area contributed by atoms with Gasteiger partial charge in [0, 0.05) is 6.54 Å². The molecule has 1 N–H and O–H groups in total. The molecule has 2 fully saturated rings. The molecule has 2 aliphatic rings. The first-order valence-electron chi connectivity index (χ1n) is 5.75. The van der Waals surface area contributed by atoms with E-state index in [4.69, 9.17) is 0 Å². The van der Waals surface area contributed by atoms with Gasteiger partial charge in [0.1, 0.15) is 0 Å². The van der Waals surface area contributed by atoms with Crippen LogP contribution in [0, 0.1) is 11.8 Å². The van der Waals surface area contributed by atoms with Gasteiger partial charge in [0.25, 0.3) is 0 Å². The number of hydrogen-bond donors (Lipinski definition) is 1. The summed E-state index contributed by atoms with van der Waals surface area (Å²) in [5.41, 5.74) is 0. The molecule has 0 bridgehead atoms. The highest BCUT2D eigenvalue weighted by molar-refractivity contribution is 4.81. The smallest absolute Gasteiger partial charge is 0.000974 e. The van der Waals surface area contributed by atoms with Gasteiger partial charge in [0.15, 0.2) is 0 Å². The van der Waals surface area contributed by atoms with Gasteiger partial charge in [-0.1, -0.05) is 0 Å². The minimum atomic E-state index is 1.00. The second kappa shape index (κ2) is 4.43. The van der Waals surface area contributed by atoms with Gasteiger partial charge in [0.2, 0.25) is 0 Å². The van der Waals surface area contributed by atoms with E-state index in [-0.39, 0.29) is 0 Å². The molecular formula is C11H22N2. The fourth-order valence-corrected chi connectivity index (χ4v) is 2.87. The Morgan fingerprint density at radius 3 is 2.77 bits per heavy atom. The molecule has 2 rings (SSSR count). The van der Waals surface area contributed by atoms with Crippen molar-refractivity contribution in [2.75, 3.05) is 33.2 Å². The molecule has 2 aliphatic heterocycles. The summed E-state index contributed by atoms with van der Waals surface area (Å²) in [6.07, 6.45) is 5.72. The molecule has 0 aromatic heterocycles. The van der Waals surface area contributed by atoms with E-state index in [1.165, 1.54) is 51.9 Å². The van der Waals surface area contributed by atoms with Crippen molar-refractivity contribution < 1.29 is 0 Å². The fourth-order valence-electron chi connectivity index (χ4n) is 2.87. The molecule has 2 heteroatoms. The summed E-state index contributed by atoms with van der Waals surface area (Å²) in [7, 11) is 2.26. The average Bonchev–Trinajstić information content (AvgIpc) is 2.43. The molecule has 0 saturated carbocycles. The molecule has 0 spiro atoms. The third-order valence-corrected chi connectivity index (χ3v) is 3.71. The summed E-state index contributed by atoms with van der Waals surface area (Å²) in [6.45, 7) is 5.18. The molecule has 2 atom stereocenters. The topological polar surface area (TPSA) is 15.3 Å². The number of nitrogens with zero attached hydrogens (tertiary/aromatic N) is 1. The van der Waals surface area contributed by atoms with Gasteiger partial charge in [-0.15, -0.1) is 0 Å². The Morgan fingerprint density at radius 1 is 1.08 bits per heavy atom. The van der Waals surface area contributed by atoms with Gasteiger partial charge >= 0.3 is 0 Å². The zero-order valence-corrected chi connectivity index (χ0v) is 8.76. The molecular weight excluding hydrogens is 160 g/mol. The molecule has 13 heavy (non-hydrogen) atoms. The minimum Gasteiger partial charge on any atom is -0.317 e. The normalized spacial score (nSPS) is 37.6. The van der Waals surface area contributed by atoms with Crippen LogP contribution in [0.4, 0.5) is 0 Å². The third kappa shape index (κ3) is 2.44. The lowest BCUT2D eigenvalue weighted by molar-refractivity contribution is 0.297. The minimum absolute atomic E-state index is 1.00. The maximum absolute atomic E-state index is 3.50. The zero-order chi connectivity index (χ0) is 9.10. The Morgan fingerprint density at radius 2 is 2.00 bits per heavy atom. The Bertz CT molecular complexity index is 150. The summed E-state index contributed by atoms with van der Waals surface area (Å²) < 4.78 is 0. The first-order valence-corrected chi connectivity index (χ1v) is 5.75. The molecule has 2 nitrogen and oxygen atoms in total. The van der Waals surface area contributed by atoms with Gasteiger partial charge in [-0.3, -0.25) is 0 Å². The van der Waals surface area contributed by atoms with Crippen molar-refractivity contribution in [2.45, 2.75) is 25.7 Å². The molecule has 2 heterocycles. The van der Waals surface area contributed by atoms with Crippen LogP contribution in [0.15, 0.2) is 0 Å². The molecule has 0 radical (unpaired) electrons. The Balaban J connectivity index is 1.84. The van der Waals surface area contributed by atoms with E-state index < -0.39 is 0 Å². The quantitative estimate of drug-likeness (QED) is 0.658. The van der Waals surface area contributed by atoms with Crippen molar-refractivity contribution in [3.05, 3.63) is 0 Å². The maximum atomic E-state index is 3.50. The lowest BCUT2D eigenvalue weighted by Gasteiger charge is -2.21. The molecule has 0 amide bonds. The van der Waals surface area contributed by atoms with Crippen molar-refractivity contribution in [1.82, 2.24) is 10.2 Å². The number of hydrogen-bond acceptors (Lipinski definition) is 2. The number of likely N-dealkylation sites (tertiary alicyclic amines) is 1. The maximum Gasteiger partial charge on any atom is 0.000974 e. The van der Waals surface area contributed by atoms with Crippen LogP contribution in [0.25, 0.3) is 0 Å². The Kier molecular flexibility index (Phi) is 3.23. The van der Waals surface area contributed by atoms with Gasteiger partial charge in [-0.25, -0.2) is 0 Å². The van der Waals surface area contributed by atoms with Crippen molar-refractivity contribution in [2.24, 2.45) is 11.8 Å². The monoisotopic (exact) mass is 182 g/mol. The first-order chi connectivity index (χ1) is 6.36. The average molecular weight is 182 g/mol. The second-order valence-electron chi connectivity index (χ2n) is 4.75. The zero-order valence-electron chi connectivity index (χ0n) is 8.76. The van der Waals surface area contributed by atoms with Crippen molar-refractivity contribution >= 4 is 0 Å². The van der Waals surface area contributed by atoms with Gasteiger partial charge in [-0.05, 0) is 64.2 Å². The lowest BCUT2D eigenvalue weighted by atomic mass is 9.86. The Labute approximate surface area is 81.7 Å². The number of nitrogens with one attached hydrogen (secondary N) is 1. The Hall–Kier alpha value is -0.0800. The molecule has 76 valence electrons. The third-order valence-electron chi connectivity index (χ3n) is 3.71. The fraction of sp³-hybridized carbons (Fsp3) is 1.00. The summed E-state index contributed by atoms with van der Waals surface area (Å²) in [5.74, 6) is 2.02.